The molecule has 30 heavy (non-hydrogen) atoms. The van der Waals surface area contributed by atoms with Gasteiger partial charge in [0.25, 0.3) is 0 Å². The van der Waals surface area contributed by atoms with Crippen LogP contribution in [-0.4, -0.2) is 9.97 Å². The number of nitrogens with one attached hydrogen (secondary N) is 2. The second-order valence-corrected chi connectivity index (χ2v) is 6.84. The van der Waals surface area contributed by atoms with Gasteiger partial charge in [0.1, 0.15) is 17.2 Å². The Bertz CT molecular complexity index is 972. The van der Waals surface area contributed by atoms with Crippen LogP contribution in [0.5, 0.6) is 0 Å². The van der Waals surface area contributed by atoms with E-state index in [-0.39, 0.29) is 11.6 Å². The molecule has 158 valence electrons. The second kappa shape index (κ2) is 9.56. The van der Waals surface area contributed by atoms with Crippen molar-refractivity contribution >= 4 is 23.1 Å². The van der Waals surface area contributed by atoms with E-state index in [2.05, 4.69) is 27.5 Å². The minimum Gasteiger partial charge on any atom is -0.337 e. The highest BCUT2D eigenvalue weighted by Gasteiger charge is 2.35. The van der Waals surface area contributed by atoms with E-state index in [0.717, 1.165) is 31.7 Å². The molecule has 0 aliphatic rings. The molecule has 0 spiro atoms. The number of rotatable bonds is 8. The number of halogens is 4. The second-order valence-electron chi connectivity index (χ2n) is 6.84. The summed E-state index contributed by atoms with van der Waals surface area (Å²) in [6.07, 6.45) is 0.382. The number of aryl methyl sites for hydroxylation is 1. The lowest BCUT2D eigenvalue weighted by Crippen LogP contribution is -2.13. The van der Waals surface area contributed by atoms with Gasteiger partial charge >= 0.3 is 6.18 Å². The Morgan fingerprint density at radius 2 is 1.67 bits per heavy atom. The zero-order chi connectivity index (χ0) is 21.6. The molecule has 0 unspecified atom stereocenters. The molecule has 1 aromatic heterocycles. The number of alkyl halides is 3. The summed E-state index contributed by atoms with van der Waals surface area (Å²) in [5.41, 5.74) is 0.641. The SMILES string of the molecule is CCCCCc1ccc(Nc2ncc(C(F)(F)F)c(Nc3ccccc3F)n2)cc1. The summed E-state index contributed by atoms with van der Waals surface area (Å²) in [6.45, 7) is 2.15. The number of aromatic nitrogens is 2. The molecule has 0 fully saturated rings. The van der Waals surface area contributed by atoms with Crippen LogP contribution in [0.2, 0.25) is 0 Å². The zero-order valence-corrected chi connectivity index (χ0v) is 16.4. The first kappa shape index (κ1) is 21.5. The van der Waals surface area contributed by atoms with E-state index in [1.165, 1.54) is 23.8 Å². The van der Waals surface area contributed by atoms with E-state index in [9.17, 15) is 17.6 Å². The molecule has 0 amide bonds. The van der Waals surface area contributed by atoms with Crippen LogP contribution >= 0.6 is 0 Å². The Hall–Kier alpha value is -3.16. The topological polar surface area (TPSA) is 49.8 Å². The molecule has 0 aliphatic carbocycles. The van der Waals surface area contributed by atoms with Crippen LogP contribution in [0.25, 0.3) is 0 Å². The Morgan fingerprint density at radius 1 is 0.933 bits per heavy atom. The minimum absolute atomic E-state index is 0.0272. The molecule has 0 saturated heterocycles. The van der Waals surface area contributed by atoms with Gasteiger partial charge < -0.3 is 10.6 Å². The van der Waals surface area contributed by atoms with E-state index >= 15 is 0 Å². The van der Waals surface area contributed by atoms with Crippen LogP contribution in [0.15, 0.2) is 54.7 Å². The number of para-hydroxylation sites is 1. The number of anilines is 4. The van der Waals surface area contributed by atoms with Crippen LogP contribution < -0.4 is 10.6 Å². The van der Waals surface area contributed by atoms with Crippen molar-refractivity contribution in [1.29, 1.82) is 0 Å². The fraction of sp³-hybridized carbons (Fsp3) is 0.273. The average Bonchev–Trinajstić information content (AvgIpc) is 2.70. The maximum Gasteiger partial charge on any atom is 0.421 e. The van der Waals surface area contributed by atoms with Gasteiger partial charge in [-0.2, -0.15) is 18.2 Å². The summed E-state index contributed by atoms with van der Waals surface area (Å²) in [4.78, 5) is 7.71. The lowest BCUT2D eigenvalue weighted by molar-refractivity contribution is -0.137. The molecule has 0 atom stereocenters. The molecule has 3 rings (SSSR count). The maximum atomic E-state index is 13.9. The van der Waals surface area contributed by atoms with E-state index < -0.39 is 23.4 Å². The van der Waals surface area contributed by atoms with Crippen molar-refractivity contribution in [2.24, 2.45) is 0 Å². The molecule has 8 heteroatoms. The smallest absolute Gasteiger partial charge is 0.337 e. The molecule has 0 bridgehead atoms. The van der Waals surface area contributed by atoms with Gasteiger partial charge in [-0.05, 0) is 42.7 Å². The number of unbranched alkanes of at least 4 members (excludes halogenated alkanes) is 2. The zero-order valence-electron chi connectivity index (χ0n) is 16.4. The predicted octanol–water partition coefficient (Wildman–Crippen LogP) is 6.85. The largest absolute Gasteiger partial charge is 0.421 e. The monoisotopic (exact) mass is 418 g/mol. The van der Waals surface area contributed by atoms with Gasteiger partial charge in [-0.25, -0.2) is 9.37 Å². The van der Waals surface area contributed by atoms with Crippen LogP contribution in [-0.2, 0) is 12.6 Å². The standard InChI is InChI=1S/C22H22F4N4/c1-2-3-4-7-15-10-12-16(13-11-15)28-21-27-14-17(22(24,25)26)20(30-21)29-19-9-6-5-8-18(19)23/h5-6,8-14H,2-4,7H2,1H3,(H2,27,28,29,30). The third kappa shape index (κ3) is 5.68. The summed E-state index contributed by atoms with van der Waals surface area (Å²) >= 11 is 0. The van der Waals surface area contributed by atoms with Crippen molar-refractivity contribution in [3.05, 3.63) is 71.7 Å². The summed E-state index contributed by atoms with van der Waals surface area (Å²) in [6, 6.07) is 13.0. The number of nitrogens with zero attached hydrogens (tertiary/aromatic N) is 2. The van der Waals surface area contributed by atoms with Gasteiger partial charge in [0.05, 0.1) is 5.69 Å². The highest BCUT2D eigenvalue weighted by molar-refractivity contribution is 5.63. The van der Waals surface area contributed by atoms with Gasteiger partial charge in [0.15, 0.2) is 0 Å². The fourth-order valence-corrected chi connectivity index (χ4v) is 2.90. The van der Waals surface area contributed by atoms with Gasteiger partial charge in [0, 0.05) is 11.9 Å². The lowest BCUT2D eigenvalue weighted by Gasteiger charge is -2.15. The van der Waals surface area contributed by atoms with Crippen molar-refractivity contribution in [1.82, 2.24) is 9.97 Å². The van der Waals surface area contributed by atoms with Crippen LogP contribution in [0, 0.1) is 5.82 Å². The molecular weight excluding hydrogens is 396 g/mol. The quantitative estimate of drug-likeness (QED) is 0.310. The summed E-state index contributed by atoms with van der Waals surface area (Å²) in [7, 11) is 0. The molecular formula is C22H22F4N4. The van der Waals surface area contributed by atoms with Crippen LogP contribution in [0.1, 0.15) is 37.3 Å². The molecule has 2 N–H and O–H groups in total. The highest BCUT2D eigenvalue weighted by atomic mass is 19.4. The van der Waals surface area contributed by atoms with Gasteiger partial charge in [-0.1, -0.05) is 44.0 Å². The summed E-state index contributed by atoms with van der Waals surface area (Å²) in [5.74, 6) is -1.24. The fourth-order valence-electron chi connectivity index (χ4n) is 2.90. The number of benzene rings is 2. The molecule has 1 heterocycles. The summed E-state index contributed by atoms with van der Waals surface area (Å²) in [5, 5.41) is 5.32. The third-order valence-corrected chi connectivity index (χ3v) is 4.50. The minimum atomic E-state index is -4.69. The van der Waals surface area contributed by atoms with Crippen molar-refractivity contribution in [3.63, 3.8) is 0 Å². The Balaban J connectivity index is 1.81. The first-order valence-corrected chi connectivity index (χ1v) is 9.68. The highest BCUT2D eigenvalue weighted by Crippen LogP contribution is 2.35. The van der Waals surface area contributed by atoms with Crippen molar-refractivity contribution in [3.8, 4) is 0 Å². The molecule has 2 aromatic carbocycles. The molecule has 4 nitrogen and oxygen atoms in total. The van der Waals surface area contributed by atoms with E-state index in [4.69, 9.17) is 0 Å². The van der Waals surface area contributed by atoms with E-state index in [1.54, 1.807) is 0 Å². The number of hydrogen-bond acceptors (Lipinski definition) is 4. The van der Waals surface area contributed by atoms with Gasteiger partial charge in [-0.3, -0.25) is 0 Å². The van der Waals surface area contributed by atoms with Crippen molar-refractivity contribution in [2.45, 2.75) is 38.8 Å². The molecule has 3 aromatic rings. The van der Waals surface area contributed by atoms with E-state index in [1.807, 2.05) is 24.3 Å². The van der Waals surface area contributed by atoms with Crippen molar-refractivity contribution in [2.75, 3.05) is 10.6 Å². The van der Waals surface area contributed by atoms with Crippen LogP contribution in [0.3, 0.4) is 0 Å². The molecule has 0 radical (unpaired) electrons. The maximum absolute atomic E-state index is 13.9. The van der Waals surface area contributed by atoms with Crippen LogP contribution in [0.4, 0.5) is 40.7 Å². The first-order chi connectivity index (χ1) is 14.4. The Kier molecular flexibility index (Phi) is 6.87. The first-order valence-electron chi connectivity index (χ1n) is 9.68. The summed E-state index contributed by atoms with van der Waals surface area (Å²) < 4.78 is 53.9. The number of hydrogen-bond donors (Lipinski definition) is 2. The van der Waals surface area contributed by atoms with Gasteiger partial charge in [0.2, 0.25) is 5.95 Å². The Labute approximate surface area is 172 Å². The molecule has 0 saturated carbocycles. The normalized spacial score (nSPS) is 11.4. The molecule has 0 aliphatic heterocycles. The van der Waals surface area contributed by atoms with E-state index in [0.29, 0.717) is 11.9 Å². The third-order valence-electron chi connectivity index (χ3n) is 4.50. The van der Waals surface area contributed by atoms with Crippen molar-refractivity contribution < 1.29 is 17.6 Å². The average molecular weight is 418 g/mol. The predicted molar refractivity (Wildman–Crippen MR) is 110 cm³/mol. The van der Waals surface area contributed by atoms with Gasteiger partial charge in [-0.15, -0.1) is 0 Å². The Morgan fingerprint density at radius 3 is 2.33 bits per heavy atom. The lowest BCUT2D eigenvalue weighted by atomic mass is 10.1.